The minimum Gasteiger partial charge on any atom is -0.107 e. The molecule has 0 radical (unpaired) electrons. The van der Waals surface area contributed by atoms with Crippen molar-refractivity contribution in [1.29, 1.82) is 0 Å². The highest BCUT2D eigenvalue weighted by molar-refractivity contribution is 6.92. The minimum absolute atomic E-state index is 1.06. The van der Waals surface area contributed by atoms with Gasteiger partial charge in [-0.15, -0.1) is 13.2 Å². The van der Waals surface area contributed by atoms with Crippen molar-refractivity contribution in [2.45, 2.75) is 113 Å². The molecule has 2 aliphatic carbocycles. The topological polar surface area (TPSA) is 0 Å². The molecule has 0 aliphatic heterocycles. The van der Waals surface area contributed by atoms with E-state index in [0.29, 0.717) is 0 Å². The SMILES string of the molecule is C=C[Si](C=C)(CC[Si](C)(C)C1CCCC1)CC[Si](C)(C)C1CCCC1. The van der Waals surface area contributed by atoms with Crippen LogP contribution in [0, 0.1) is 0 Å². The van der Waals surface area contributed by atoms with E-state index in [4.69, 9.17) is 0 Å². The quantitative estimate of drug-likeness (QED) is 0.329. The zero-order valence-electron chi connectivity index (χ0n) is 17.7. The Morgan fingerprint density at radius 1 is 0.640 bits per heavy atom. The zero-order chi connectivity index (χ0) is 18.6. The number of hydrogen-bond donors (Lipinski definition) is 0. The second-order valence-corrected chi connectivity index (χ2v) is 25.5. The zero-order valence-corrected chi connectivity index (χ0v) is 20.7. The van der Waals surface area contributed by atoms with Crippen LogP contribution in [-0.4, -0.2) is 24.2 Å². The lowest BCUT2D eigenvalue weighted by atomic mass is 10.4. The van der Waals surface area contributed by atoms with Gasteiger partial charge in [-0.05, 0) is 11.1 Å². The van der Waals surface area contributed by atoms with Crippen molar-refractivity contribution in [2.24, 2.45) is 0 Å². The van der Waals surface area contributed by atoms with E-state index >= 15 is 0 Å². The van der Waals surface area contributed by atoms with E-state index in [1.54, 1.807) is 0 Å². The van der Waals surface area contributed by atoms with Crippen LogP contribution in [0.25, 0.3) is 0 Å². The third kappa shape index (κ3) is 5.55. The normalized spacial score (nSPS) is 21.0. The molecule has 0 N–H and O–H groups in total. The first-order chi connectivity index (χ1) is 11.7. The van der Waals surface area contributed by atoms with Gasteiger partial charge in [-0.2, -0.15) is 0 Å². The summed E-state index contributed by atoms with van der Waals surface area (Å²) in [5.41, 5.74) is 6.99. The van der Waals surface area contributed by atoms with Gasteiger partial charge >= 0.3 is 0 Å². The van der Waals surface area contributed by atoms with Gasteiger partial charge in [0.25, 0.3) is 0 Å². The molecule has 25 heavy (non-hydrogen) atoms. The van der Waals surface area contributed by atoms with Gasteiger partial charge in [0.05, 0.1) is 24.2 Å². The number of rotatable bonds is 10. The van der Waals surface area contributed by atoms with Gasteiger partial charge in [-0.3, -0.25) is 0 Å². The van der Waals surface area contributed by atoms with E-state index in [1.165, 1.54) is 75.5 Å². The van der Waals surface area contributed by atoms with E-state index in [0.717, 1.165) is 11.1 Å². The molecule has 0 unspecified atom stereocenters. The van der Waals surface area contributed by atoms with E-state index in [-0.39, 0.29) is 0 Å². The highest BCUT2D eigenvalue weighted by atomic mass is 28.3. The van der Waals surface area contributed by atoms with Crippen molar-refractivity contribution in [1.82, 2.24) is 0 Å². The standard InChI is InChI=1S/C22H44Si3/c1-7-25(8-2,19-17-23(3,4)21-13-9-10-14-21)20-18-24(5,6)22-15-11-12-16-22/h7-8,21-22H,1-2,9-20H2,3-6H3. The Hall–Kier alpha value is 0.131. The van der Waals surface area contributed by atoms with Crippen molar-refractivity contribution < 1.29 is 0 Å². The summed E-state index contributed by atoms with van der Waals surface area (Å²) in [5, 5.41) is 0. The molecule has 0 amide bonds. The first-order valence-electron chi connectivity index (χ1n) is 11.0. The van der Waals surface area contributed by atoms with Gasteiger partial charge < -0.3 is 0 Å². The molecule has 0 heterocycles. The van der Waals surface area contributed by atoms with Gasteiger partial charge in [0.15, 0.2) is 0 Å². The van der Waals surface area contributed by atoms with E-state index in [1.807, 2.05) is 0 Å². The summed E-state index contributed by atoms with van der Waals surface area (Å²) >= 11 is 0. The fourth-order valence-electron chi connectivity index (χ4n) is 5.55. The summed E-state index contributed by atoms with van der Waals surface area (Å²) in [5.74, 6) is 0. The summed E-state index contributed by atoms with van der Waals surface area (Å²) in [6, 6.07) is 5.94. The summed E-state index contributed by atoms with van der Waals surface area (Å²) in [6.07, 6.45) is 12.1. The smallest absolute Gasteiger partial charge is 0.0999 e. The highest BCUT2D eigenvalue weighted by Gasteiger charge is 2.39. The van der Waals surface area contributed by atoms with Gasteiger partial charge in [0.1, 0.15) is 0 Å². The lowest BCUT2D eigenvalue weighted by Crippen LogP contribution is -2.39. The average Bonchev–Trinajstić information content (AvgIpc) is 3.29. The van der Waals surface area contributed by atoms with Crippen LogP contribution >= 0.6 is 0 Å². The summed E-state index contributed by atoms with van der Waals surface area (Å²) in [4.78, 5) is 0. The van der Waals surface area contributed by atoms with E-state index in [2.05, 4.69) is 50.7 Å². The Morgan fingerprint density at radius 3 is 1.24 bits per heavy atom. The van der Waals surface area contributed by atoms with E-state index < -0.39 is 24.2 Å². The van der Waals surface area contributed by atoms with Crippen LogP contribution in [0.3, 0.4) is 0 Å². The maximum absolute atomic E-state index is 4.32. The number of hydrogen-bond acceptors (Lipinski definition) is 0. The highest BCUT2D eigenvalue weighted by Crippen LogP contribution is 2.44. The van der Waals surface area contributed by atoms with Crippen LogP contribution in [0.1, 0.15) is 51.4 Å². The molecule has 0 saturated heterocycles. The molecular formula is C22H44Si3. The molecule has 0 bridgehead atoms. The van der Waals surface area contributed by atoms with Crippen molar-refractivity contribution in [3.63, 3.8) is 0 Å². The molecular weight excluding hydrogens is 349 g/mol. The van der Waals surface area contributed by atoms with Gasteiger partial charge in [-0.1, -0.05) is 113 Å². The van der Waals surface area contributed by atoms with Crippen LogP contribution in [0.4, 0.5) is 0 Å². The fourth-order valence-corrected chi connectivity index (χ4v) is 20.4. The summed E-state index contributed by atoms with van der Waals surface area (Å²) in [7, 11) is -3.59. The molecule has 0 nitrogen and oxygen atoms in total. The molecule has 0 aromatic rings. The second kappa shape index (κ2) is 8.88. The summed E-state index contributed by atoms with van der Waals surface area (Å²) in [6.45, 7) is 19.3. The molecule has 2 fully saturated rings. The average molecular weight is 393 g/mol. The van der Waals surface area contributed by atoms with Crippen molar-refractivity contribution in [3.05, 3.63) is 24.6 Å². The predicted octanol–water partition coefficient (Wildman–Crippen LogP) is 8.19. The Bertz CT molecular complexity index is 398. The van der Waals surface area contributed by atoms with Crippen molar-refractivity contribution in [3.8, 4) is 0 Å². The van der Waals surface area contributed by atoms with Gasteiger partial charge in [0.2, 0.25) is 0 Å². The molecule has 2 aliphatic rings. The molecule has 3 heteroatoms. The second-order valence-electron chi connectivity index (χ2n) is 10.6. The molecule has 2 rings (SSSR count). The third-order valence-corrected chi connectivity index (χ3v) is 21.8. The molecule has 0 aromatic heterocycles. The van der Waals surface area contributed by atoms with Crippen molar-refractivity contribution in [2.75, 3.05) is 0 Å². The van der Waals surface area contributed by atoms with Gasteiger partial charge in [-0.25, -0.2) is 0 Å². The van der Waals surface area contributed by atoms with Gasteiger partial charge in [0, 0.05) is 0 Å². The first kappa shape index (κ1) is 21.4. The van der Waals surface area contributed by atoms with E-state index in [9.17, 15) is 0 Å². The maximum Gasteiger partial charge on any atom is 0.0999 e. The lowest BCUT2D eigenvalue weighted by molar-refractivity contribution is 0.826. The summed E-state index contributed by atoms with van der Waals surface area (Å²) < 4.78 is 0. The van der Waals surface area contributed by atoms with Crippen molar-refractivity contribution >= 4 is 24.2 Å². The van der Waals surface area contributed by atoms with Crippen LogP contribution < -0.4 is 0 Å². The predicted molar refractivity (Wildman–Crippen MR) is 125 cm³/mol. The Morgan fingerprint density at radius 2 is 0.960 bits per heavy atom. The van der Waals surface area contributed by atoms with Crippen LogP contribution in [0.2, 0.25) is 61.4 Å². The molecule has 0 atom stereocenters. The monoisotopic (exact) mass is 392 g/mol. The Kier molecular flexibility index (Phi) is 7.61. The minimum atomic E-state index is -1.47. The lowest BCUT2D eigenvalue weighted by Gasteiger charge is -2.36. The third-order valence-electron chi connectivity index (χ3n) is 8.20. The maximum atomic E-state index is 4.32. The first-order valence-corrected chi connectivity index (χ1v) is 20.2. The molecule has 144 valence electrons. The Balaban J connectivity index is 1.95. The largest absolute Gasteiger partial charge is 0.107 e. The molecule has 0 spiro atoms. The molecule has 0 aromatic carbocycles. The Labute approximate surface area is 161 Å². The van der Waals surface area contributed by atoms with Crippen LogP contribution in [-0.2, 0) is 0 Å². The molecule has 2 saturated carbocycles. The van der Waals surface area contributed by atoms with Crippen LogP contribution in [0.15, 0.2) is 24.6 Å². The van der Waals surface area contributed by atoms with Crippen LogP contribution in [0.5, 0.6) is 0 Å². The fraction of sp³-hybridized carbons (Fsp3) is 0.818.